The molecule has 21 heavy (non-hydrogen) atoms. The highest BCUT2D eigenvalue weighted by Gasteiger charge is 2.17. The molecule has 110 valence electrons. The van der Waals surface area contributed by atoms with Crippen molar-refractivity contribution in [1.82, 2.24) is 4.98 Å². The van der Waals surface area contributed by atoms with Crippen LogP contribution in [0.1, 0.15) is 34.8 Å². The number of hydrogen-bond donors (Lipinski definition) is 1. The Kier molecular flexibility index (Phi) is 4.64. The fourth-order valence-corrected chi connectivity index (χ4v) is 2.70. The quantitative estimate of drug-likeness (QED) is 0.676. The number of hydrogen-bond acceptors (Lipinski definition) is 5. The van der Waals surface area contributed by atoms with Crippen molar-refractivity contribution in [1.29, 1.82) is 0 Å². The molecule has 0 saturated carbocycles. The monoisotopic (exact) mass is 305 g/mol. The van der Waals surface area contributed by atoms with Crippen LogP contribution in [0, 0.1) is 17.0 Å². The summed E-state index contributed by atoms with van der Waals surface area (Å²) in [5.74, 6) is -0.286. The van der Waals surface area contributed by atoms with Gasteiger partial charge in [-0.05, 0) is 41.9 Å². The van der Waals surface area contributed by atoms with Gasteiger partial charge in [-0.3, -0.25) is 20.2 Å². The number of thiazole rings is 1. The maximum Gasteiger partial charge on any atom is 0.345 e. The summed E-state index contributed by atoms with van der Waals surface area (Å²) in [7, 11) is 0. The average molecular weight is 305 g/mol. The maximum absolute atomic E-state index is 12.3. The zero-order valence-corrected chi connectivity index (χ0v) is 12.6. The normalized spacial score (nSPS) is 10.4. The van der Waals surface area contributed by atoms with Crippen molar-refractivity contribution in [2.45, 2.75) is 26.7 Å². The van der Waals surface area contributed by atoms with E-state index in [-0.39, 0.29) is 16.0 Å². The summed E-state index contributed by atoms with van der Waals surface area (Å²) in [5, 5.41) is 13.4. The van der Waals surface area contributed by atoms with Gasteiger partial charge in [-0.15, -0.1) is 0 Å². The summed E-state index contributed by atoms with van der Waals surface area (Å²) in [6, 6.07) is 5.55. The average Bonchev–Trinajstić information content (AvgIpc) is 2.90. The van der Waals surface area contributed by atoms with Crippen molar-refractivity contribution < 1.29 is 9.72 Å². The van der Waals surface area contributed by atoms with Crippen LogP contribution in [0.3, 0.4) is 0 Å². The number of amides is 1. The minimum Gasteiger partial charge on any atom is -0.298 e. The Labute approximate surface area is 126 Å². The molecule has 6 nitrogen and oxygen atoms in total. The Morgan fingerprint density at radius 3 is 2.86 bits per heavy atom. The first-order chi connectivity index (χ1) is 10.0. The second-order valence-corrected chi connectivity index (χ2v) is 5.58. The van der Waals surface area contributed by atoms with E-state index < -0.39 is 4.92 Å². The predicted octanol–water partition coefficient (Wildman–Crippen LogP) is 3.56. The molecule has 0 bridgehead atoms. The van der Waals surface area contributed by atoms with E-state index in [2.05, 4.69) is 17.2 Å². The van der Waals surface area contributed by atoms with E-state index in [0.29, 0.717) is 5.56 Å². The molecule has 0 saturated heterocycles. The molecule has 0 aliphatic heterocycles. The molecular formula is C14H15N3O3S. The molecule has 7 heteroatoms. The lowest BCUT2D eigenvalue weighted by Crippen LogP contribution is -2.14. The topological polar surface area (TPSA) is 85.1 Å². The summed E-state index contributed by atoms with van der Waals surface area (Å²) in [5.41, 5.74) is 2.66. The first-order valence-corrected chi connectivity index (χ1v) is 7.34. The molecule has 1 amide bonds. The molecule has 2 aromatic rings. The van der Waals surface area contributed by atoms with Crippen molar-refractivity contribution in [2.24, 2.45) is 0 Å². The molecule has 2 rings (SSSR count). The molecule has 1 N–H and O–H groups in total. The van der Waals surface area contributed by atoms with Crippen LogP contribution in [0.25, 0.3) is 0 Å². The minimum absolute atomic E-state index is 0.0941. The zero-order valence-electron chi connectivity index (χ0n) is 11.8. The Bertz CT molecular complexity index is 682. The van der Waals surface area contributed by atoms with Crippen molar-refractivity contribution >= 4 is 27.4 Å². The van der Waals surface area contributed by atoms with Crippen molar-refractivity contribution in [3.8, 4) is 0 Å². The van der Waals surface area contributed by atoms with Gasteiger partial charge in [0.1, 0.15) is 6.20 Å². The van der Waals surface area contributed by atoms with Gasteiger partial charge in [0.2, 0.25) is 0 Å². The largest absolute Gasteiger partial charge is 0.345 e. The van der Waals surface area contributed by atoms with E-state index in [1.165, 1.54) is 0 Å². The molecule has 0 fully saturated rings. The third-order valence-electron chi connectivity index (χ3n) is 3.05. The second-order valence-electron chi connectivity index (χ2n) is 4.57. The third-order valence-corrected chi connectivity index (χ3v) is 3.91. The van der Waals surface area contributed by atoms with Crippen LogP contribution in [0.15, 0.2) is 24.4 Å². The number of benzene rings is 1. The van der Waals surface area contributed by atoms with Gasteiger partial charge in [0, 0.05) is 5.56 Å². The van der Waals surface area contributed by atoms with Gasteiger partial charge in [-0.25, -0.2) is 4.98 Å². The van der Waals surface area contributed by atoms with Gasteiger partial charge in [0.05, 0.1) is 4.92 Å². The lowest BCUT2D eigenvalue weighted by atomic mass is 9.97. The highest BCUT2D eigenvalue weighted by atomic mass is 32.1. The molecule has 0 unspecified atom stereocenters. The molecule has 0 radical (unpaired) electrons. The number of carbonyl (C=O) groups excluding carboxylic acids is 1. The fraction of sp³-hybridized carbons (Fsp3) is 0.286. The smallest absolute Gasteiger partial charge is 0.298 e. The van der Waals surface area contributed by atoms with Crippen LogP contribution < -0.4 is 5.32 Å². The van der Waals surface area contributed by atoms with Crippen molar-refractivity contribution in [3.05, 3.63) is 51.2 Å². The van der Waals surface area contributed by atoms with Crippen LogP contribution in [-0.4, -0.2) is 15.8 Å². The van der Waals surface area contributed by atoms with E-state index in [4.69, 9.17) is 0 Å². The first-order valence-electron chi connectivity index (χ1n) is 6.53. The molecule has 1 aromatic carbocycles. The molecule has 1 aromatic heterocycles. The number of anilines is 1. The van der Waals surface area contributed by atoms with E-state index in [9.17, 15) is 14.9 Å². The van der Waals surface area contributed by atoms with Gasteiger partial charge in [-0.2, -0.15) is 0 Å². The molecular weight excluding hydrogens is 290 g/mol. The van der Waals surface area contributed by atoms with E-state index >= 15 is 0 Å². The van der Waals surface area contributed by atoms with Gasteiger partial charge in [-0.1, -0.05) is 25.5 Å². The van der Waals surface area contributed by atoms with Crippen molar-refractivity contribution in [2.75, 3.05) is 5.32 Å². The van der Waals surface area contributed by atoms with Crippen LogP contribution in [-0.2, 0) is 6.42 Å². The Morgan fingerprint density at radius 2 is 2.24 bits per heavy atom. The summed E-state index contributed by atoms with van der Waals surface area (Å²) < 4.78 is 0. The molecule has 0 aliphatic carbocycles. The Balaban J connectivity index is 2.23. The van der Waals surface area contributed by atoms with Gasteiger partial charge < -0.3 is 0 Å². The maximum atomic E-state index is 12.3. The number of carbonyl (C=O) groups is 1. The van der Waals surface area contributed by atoms with E-state index in [1.807, 2.05) is 19.1 Å². The number of rotatable bonds is 5. The highest BCUT2D eigenvalue weighted by molar-refractivity contribution is 7.18. The zero-order chi connectivity index (χ0) is 15.4. The lowest BCUT2D eigenvalue weighted by Gasteiger charge is -2.11. The second kappa shape index (κ2) is 6.45. The number of nitrogens with one attached hydrogen (secondary N) is 1. The van der Waals surface area contributed by atoms with E-state index in [0.717, 1.165) is 41.5 Å². The number of aromatic nitrogens is 1. The third kappa shape index (κ3) is 3.43. The number of aryl methyl sites for hydroxylation is 1. The molecule has 0 atom stereocenters. The summed E-state index contributed by atoms with van der Waals surface area (Å²) in [4.78, 5) is 26.3. The number of nitro groups is 1. The standard InChI is InChI=1S/C14H15N3O3S/c1-3-5-10-9(2)6-4-7-11(10)13(18)16-14-15-8-12(21-14)17(19)20/h4,6-8H,3,5H2,1-2H3,(H,15,16,18). The minimum atomic E-state index is -0.525. The number of nitrogens with zero attached hydrogens (tertiary/aromatic N) is 2. The van der Waals surface area contributed by atoms with Crippen molar-refractivity contribution in [3.63, 3.8) is 0 Å². The first kappa shape index (κ1) is 15.1. The van der Waals surface area contributed by atoms with Crippen LogP contribution in [0.5, 0.6) is 0 Å². The van der Waals surface area contributed by atoms with Gasteiger partial charge in [0.15, 0.2) is 5.13 Å². The van der Waals surface area contributed by atoms with Crippen LogP contribution >= 0.6 is 11.3 Å². The Morgan fingerprint density at radius 1 is 1.48 bits per heavy atom. The summed E-state index contributed by atoms with van der Waals surface area (Å²) in [6.07, 6.45) is 2.89. The van der Waals surface area contributed by atoms with Gasteiger partial charge in [0.25, 0.3) is 5.91 Å². The van der Waals surface area contributed by atoms with Crippen LogP contribution in [0.4, 0.5) is 10.1 Å². The van der Waals surface area contributed by atoms with Crippen LogP contribution in [0.2, 0.25) is 0 Å². The van der Waals surface area contributed by atoms with E-state index in [1.54, 1.807) is 6.07 Å². The lowest BCUT2D eigenvalue weighted by molar-refractivity contribution is -0.380. The van der Waals surface area contributed by atoms with Gasteiger partial charge >= 0.3 is 5.00 Å². The fourth-order valence-electron chi connectivity index (χ4n) is 2.07. The predicted molar refractivity (Wildman–Crippen MR) is 81.9 cm³/mol. The molecule has 0 aliphatic rings. The SMILES string of the molecule is CCCc1c(C)cccc1C(=O)Nc1ncc([N+](=O)[O-])s1. The Hall–Kier alpha value is -2.28. The highest BCUT2D eigenvalue weighted by Crippen LogP contribution is 2.26. The summed E-state index contributed by atoms with van der Waals surface area (Å²) in [6.45, 7) is 4.02. The molecule has 0 spiro atoms. The molecule has 1 heterocycles. The summed E-state index contributed by atoms with van der Waals surface area (Å²) >= 11 is 0.845.